The summed E-state index contributed by atoms with van der Waals surface area (Å²) in [6.45, 7) is 1.84. The quantitative estimate of drug-likeness (QED) is 0.259. The molecule has 31 heavy (non-hydrogen) atoms. The minimum Gasteiger partial charge on any atom is -0.396 e. The number of hydrogen-bond acceptors (Lipinski definition) is 6. The molecule has 156 valence electrons. The van der Waals surface area contributed by atoms with Gasteiger partial charge in [-0.25, -0.2) is 9.97 Å². The van der Waals surface area contributed by atoms with Gasteiger partial charge in [-0.2, -0.15) is 0 Å². The number of benzene rings is 2. The van der Waals surface area contributed by atoms with Gasteiger partial charge in [0.15, 0.2) is 5.82 Å². The van der Waals surface area contributed by atoms with Crippen molar-refractivity contribution >= 4 is 44.0 Å². The van der Waals surface area contributed by atoms with Crippen molar-refractivity contribution in [1.82, 2.24) is 20.3 Å². The van der Waals surface area contributed by atoms with Gasteiger partial charge >= 0.3 is 0 Å². The Hall–Kier alpha value is -3.26. The Morgan fingerprint density at radius 2 is 1.90 bits per heavy atom. The zero-order valence-electron chi connectivity index (χ0n) is 16.9. The van der Waals surface area contributed by atoms with Crippen LogP contribution in [0.5, 0.6) is 0 Å². The van der Waals surface area contributed by atoms with E-state index in [9.17, 15) is 0 Å². The van der Waals surface area contributed by atoms with Crippen molar-refractivity contribution in [2.75, 3.05) is 18.5 Å². The van der Waals surface area contributed by atoms with Crippen LogP contribution in [0.4, 0.5) is 11.5 Å². The number of anilines is 2. The number of hydrogen-bond donors (Lipinski definition) is 4. The highest BCUT2D eigenvalue weighted by Gasteiger charge is 2.11. The number of aliphatic hydroxyl groups excluding tert-OH is 1. The van der Waals surface area contributed by atoms with Crippen LogP contribution in [0.1, 0.15) is 12.0 Å². The average molecular weight is 430 g/mol. The molecule has 0 aliphatic carbocycles. The highest BCUT2D eigenvalue weighted by molar-refractivity contribution is 7.22. The molecule has 3 heterocycles. The minimum atomic E-state index is 0.221. The molecule has 0 amide bonds. The second-order valence-electron chi connectivity index (χ2n) is 7.40. The lowest BCUT2D eigenvalue weighted by atomic mass is 10.1. The largest absolute Gasteiger partial charge is 0.396 e. The first-order valence-electron chi connectivity index (χ1n) is 10.3. The van der Waals surface area contributed by atoms with E-state index in [2.05, 4.69) is 80.2 Å². The zero-order valence-corrected chi connectivity index (χ0v) is 17.7. The third-order valence-electron chi connectivity index (χ3n) is 5.21. The molecule has 0 aliphatic rings. The summed E-state index contributed by atoms with van der Waals surface area (Å²) in [7, 11) is 0. The molecule has 0 aliphatic heterocycles. The molecule has 5 aromatic rings. The van der Waals surface area contributed by atoms with E-state index in [-0.39, 0.29) is 6.61 Å². The molecular weight excluding hydrogens is 406 g/mol. The maximum atomic E-state index is 8.87. The SMILES string of the molecule is OCCCNCc1ccc(-c2cc3ncnc(Nc4ccc5[nH]ccc5c4)c3s2)cc1. The van der Waals surface area contributed by atoms with Gasteiger partial charge in [0.25, 0.3) is 0 Å². The fourth-order valence-corrected chi connectivity index (χ4v) is 4.64. The molecule has 3 aromatic heterocycles. The summed E-state index contributed by atoms with van der Waals surface area (Å²) in [5.41, 5.74) is 5.45. The summed E-state index contributed by atoms with van der Waals surface area (Å²) in [6.07, 6.45) is 4.33. The number of aromatic nitrogens is 3. The summed E-state index contributed by atoms with van der Waals surface area (Å²) < 4.78 is 1.04. The van der Waals surface area contributed by atoms with Gasteiger partial charge in [-0.1, -0.05) is 24.3 Å². The van der Waals surface area contributed by atoms with Gasteiger partial charge < -0.3 is 20.7 Å². The molecule has 5 rings (SSSR count). The molecule has 4 N–H and O–H groups in total. The molecule has 2 aromatic carbocycles. The molecule has 0 saturated heterocycles. The van der Waals surface area contributed by atoms with Crippen molar-refractivity contribution in [2.24, 2.45) is 0 Å². The third-order valence-corrected chi connectivity index (χ3v) is 6.39. The molecule has 6 nitrogen and oxygen atoms in total. The third kappa shape index (κ3) is 4.29. The summed E-state index contributed by atoms with van der Waals surface area (Å²) in [5.74, 6) is 0.820. The molecule has 0 bridgehead atoms. The summed E-state index contributed by atoms with van der Waals surface area (Å²) in [5, 5.41) is 16.8. The average Bonchev–Trinajstić information content (AvgIpc) is 3.44. The lowest BCUT2D eigenvalue weighted by Gasteiger charge is -2.06. The monoisotopic (exact) mass is 429 g/mol. The highest BCUT2D eigenvalue weighted by Crippen LogP contribution is 2.36. The second kappa shape index (κ2) is 8.85. The molecular formula is C24H23N5OS. The fourth-order valence-electron chi connectivity index (χ4n) is 3.58. The number of fused-ring (bicyclic) bond motifs is 2. The van der Waals surface area contributed by atoms with Crippen LogP contribution in [0.2, 0.25) is 0 Å². The van der Waals surface area contributed by atoms with Gasteiger partial charge in [0.05, 0.1) is 10.2 Å². The van der Waals surface area contributed by atoms with Crippen molar-refractivity contribution in [2.45, 2.75) is 13.0 Å². The number of nitrogens with zero attached hydrogens (tertiary/aromatic N) is 2. The topological polar surface area (TPSA) is 85.9 Å². The first kappa shape index (κ1) is 19.7. The van der Waals surface area contributed by atoms with E-state index < -0.39 is 0 Å². The number of nitrogens with one attached hydrogen (secondary N) is 3. The predicted molar refractivity (Wildman–Crippen MR) is 128 cm³/mol. The van der Waals surface area contributed by atoms with E-state index in [0.29, 0.717) is 0 Å². The predicted octanol–water partition coefficient (Wildman–Crippen LogP) is 5.06. The Morgan fingerprint density at radius 3 is 2.77 bits per heavy atom. The van der Waals surface area contributed by atoms with E-state index in [1.165, 1.54) is 16.0 Å². The van der Waals surface area contributed by atoms with Crippen LogP contribution in [0.15, 0.2) is 67.1 Å². The van der Waals surface area contributed by atoms with Gasteiger partial charge in [0.1, 0.15) is 6.33 Å². The van der Waals surface area contributed by atoms with Crippen molar-refractivity contribution in [3.63, 3.8) is 0 Å². The van der Waals surface area contributed by atoms with Gasteiger partial charge in [-0.05, 0) is 54.4 Å². The number of H-pyrrole nitrogens is 1. The molecule has 0 saturated carbocycles. The Morgan fingerprint density at radius 1 is 1.00 bits per heavy atom. The molecule has 0 atom stereocenters. The standard InChI is InChI=1S/C24H23N5OS/c30-11-1-9-25-14-16-2-4-17(5-3-16)22-13-21-23(31-22)24(28-15-27-21)29-19-6-7-20-18(12-19)8-10-26-20/h2-8,10,12-13,15,25-26,30H,1,9,11,14H2,(H,27,28,29). The van der Waals surface area contributed by atoms with E-state index in [1.807, 2.05) is 6.20 Å². The summed E-state index contributed by atoms with van der Waals surface area (Å²) in [6, 6.07) is 19.0. The Kier molecular flexibility index (Phi) is 5.62. The van der Waals surface area contributed by atoms with Crippen molar-refractivity contribution in [1.29, 1.82) is 0 Å². The Bertz CT molecular complexity index is 1310. The maximum Gasteiger partial charge on any atom is 0.151 e. The molecule has 0 fully saturated rings. The molecule has 0 unspecified atom stereocenters. The normalized spacial score (nSPS) is 11.4. The van der Waals surface area contributed by atoms with E-state index in [4.69, 9.17) is 5.11 Å². The summed E-state index contributed by atoms with van der Waals surface area (Å²) in [4.78, 5) is 13.3. The van der Waals surface area contributed by atoms with Crippen molar-refractivity contribution in [3.05, 3.63) is 72.7 Å². The first-order chi connectivity index (χ1) is 15.3. The van der Waals surface area contributed by atoms with Crippen LogP contribution >= 0.6 is 11.3 Å². The number of aliphatic hydroxyl groups is 1. The number of thiophene rings is 1. The number of rotatable bonds is 8. The van der Waals surface area contributed by atoms with Crippen LogP contribution in [0.3, 0.4) is 0 Å². The fraction of sp³-hybridized carbons (Fsp3) is 0.167. The van der Waals surface area contributed by atoms with E-state index in [1.54, 1.807) is 17.7 Å². The van der Waals surface area contributed by atoms with E-state index >= 15 is 0 Å². The second-order valence-corrected chi connectivity index (χ2v) is 8.46. The first-order valence-corrected chi connectivity index (χ1v) is 11.1. The van der Waals surface area contributed by atoms with Gasteiger partial charge in [-0.3, -0.25) is 0 Å². The Labute approximate surface area is 184 Å². The highest BCUT2D eigenvalue weighted by atomic mass is 32.1. The van der Waals surface area contributed by atoms with E-state index in [0.717, 1.165) is 52.1 Å². The molecule has 0 spiro atoms. The van der Waals surface area contributed by atoms with Gasteiger partial charge in [0.2, 0.25) is 0 Å². The molecule has 7 heteroatoms. The van der Waals surface area contributed by atoms with Crippen LogP contribution in [0, 0.1) is 0 Å². The van der Waals surface area contributed by atoms with Crippen LogP contribution < -0.4 is 10.6 Å². The molecule has 0 radical (unpaired) electrons. The van der Waals surface area contributed by atoms with Crippen molar-refractivity contribution < 1.29 is 5.11 Å². The maximum absolute atomic E-state index is 8.87. The van der Waals surface area contributed by atoms with Crippen LogP contribution in [0.25, 0.3) is 31.6 Å². The smallest absolute Gasteiger partial charge is 0.151 e. The lowest BCUT2D eigenvalue weighted by molar-refractivity contribution is 0.286. The van der Waals surface area contributed by atoms with Gasteiger partial charge in [0, 0.05) is 40.8 Å². The number of aromatic amines is 1. The van der Waals surface area contributed by atoms with Crippen LogP contribution in [-0.2, 0) is 6.54 Å². The Balaban J connectivity index is 1.37. The van der Waals surface area contributed by atoms with Crippen LogP contribution in [-0.4, -0.2) is 33.2 Å². The lowest BCUT2D eigenvalue weighted by Crippen LogP contribution is -2.15. The summed E-state index contributed by atoms with van der Waals surface area (Å²) >= 11 is 1.69. The van der Waals surface area contributed by atoms with Crippen molar-refractivity contribution in [3.8, 4) is 10.4 Å². The zero-order chi connectivity index (χ0) is 21.0. The van der Waals surface area contributed by atoms with Gasteiger partial charge in [-0.15, -0.1) is 11.3 Å². The minimum absolute atomic E-state index is 0.221.